The second kappa shape index (κ2) is 5.77. The van der Waals surface area contributed by atoms with Crippen LogP contribution < -0.4 is 0 Å². The second-order valence-corrected chi connectivity index (χ2v) is 5.64. The maximum atomic E-state index is 12.5. The van der Waals surface area contributed by atoms with Gasteiger partial charge in [-0.05, 0) is 40.5 Å². The lowest BCUT2D eigenvalue weighted by Gasteiger charge is -2.27. The van der Waals surface area contributed by atoms with Gasteiger partial charge in [-0.25, -0.2) is 0 Å². The van der Waals surface area contributed by atoms with Gasteiger partial charge in [-0.2, -0.15) is 13.2 Å². The summed E-state index contributed by atoms with van der Waals surface area (Å²) in [6.07, 6.45) is -3.43. The van der Waals surface area contributed by atoms with Gasteiger partial charge in [0.1, 0.15) is 0 Å². The number of rotatable bonds is 1. The number of amides is 1. The lowest BCUT2D eigenvalue weighted by molar-refractivity contribution is -0.0957. The number of carbonyl (C=O) groups excluding carboxylic acids is 1. The van der Waals surface area contributed by atoms with E-state index in [1.807, 2.05) is 0 Å². The van der Waals surface area contributed by atoms with Crippen LogP contribution in [-0.4, -0.2) is 30.1 Å². The maximum Gasteiger partial charge on any atom is 0.412 e. The molecule has 0 fully saturated rings. The molecular formula is C13H10BrClF3NO. The molecule has 0 bridgehead atoms. The van der Waals surface area contributed by atoms with Gasteiger partial charge in [-0.3, -0.25) is 4.79 Å². The summed E-state index contributed by atoms with van der Waals surface area (Å²) in [7, 11) is 0. The third kappa shape index (κ3) is 3.35. The van der Waals surface area contributed by atoms with Crippen LogP contribution in [0, 0.1) is 0 Å². The van der Waals surface area contributed by atoms with Crippen LogP contribution in [0.3, 0.4) is 0 Å². The Kier molecular flexibility index (Phi) is 4.44. The molecule has 0 N–H and O–H groups in total. The summed E-state index contributed by atoms with van der Waals surface area (Å²) in [5.41, 5.74) is -0.185. The lowest BCUT2D eigenvalue weighted by atomic mass is 10.1. The zero-order valence-electron chi connectivity index (χ0n) is 10.2. The summed E-state index contributed by atoms with van der Waals surface area (Å²) < 4.78 is 38.0. The molecule has 0 atom stereocenters. The number of benzene rings is 1. The van der Waals surface area contributed by atoms with Crippen molar-refractivity contribution < 1.29 is 18.0 Å². The Balaban J connectivity index is 2.14. The van der Waals surface area contributed by atoms with Gasteiger partial charge in [-0.15, -0.1) is 0 Å². The predicted octanol–water partition coefficient (Wildman–Crippen LogP) is 4.44. The Hall–Kier alpha value is -1.01. The molecule has 2 nitrogen and oxygen atoms in total. The first-order chi connectivity index (χ1) is 9.29. The Morgan fingerprint density at radius 1 is 1.35 bits per heavy atom. The molecule has 0 radical (unpaired) electrons. The van der Waals surface area contributed by atoms with Crippen LogP contribution in [0.4, 0.5) is 13.2 Å². The molecule has 0 saturated heterocycles. The Bertz CT molecular complexity index is 571. The van der Waals surface area contributed by atoms with Crippen LogP contribution in [0.5, 0.6) is 0 Å². The molecule has 0 saturated carbocycles. The summed E-state index contributed by atoms with van der Waals surface area (Å²) in [5, 5.41) is 0.478. The van der Waals surface area contributed by atoms with Crippen molar-refractivity contribution in [3.63, 3.8) is 0 Å². The van der Waals surface area contributed by atoms with Crippen molar-refractivity contribution >= 4 is 33.4 Å². The third-order valence-electron chi connectivity index (χ3n) is 3.02. The number of hydrogen-bond donors (Lipinski definition) is 0. The fourth-order valence-corrected chi connectivity index (χ4v) is 2.80. The van der Waals surface area contributed by atoms with Gasteiger partial charge in [0.05, 0.1) is 5.56 Å². The number of nitrogens with zero attached hydrogens (tertiary/aromatic N) is 1. The summed E-state index contributed by atoms with van der Waals surface area (Å²) in [6, 6.07) is 4.70. The minimum absolute atomic E-state index is 0.0389. The first-order valence-electron chi connectivity index (χ1n) is 5.79. The highest BCUT2D eigenvalue weighted by molar-refractivity contribution is 9.10. The van der Waals surface area contributed by atoms with E-state index in [0.29, 0.717) is 15.1 Å². The molecule has 2 rings (SSSR count). The van der Waals surface area contributed by atoms with E-state index in [9.17, 15) is 18.0 Å². The van der Waals surface area contributed by atoms with E-state index < -0.39 is 11.7 Å². The minimum Gasteiger partial charge on any atom is -0.335 e. The molecule has 0 aromatic heterocycles. The molecule has 0 unspecified atom stereocenters. The smallest absolute Gasteiger partial charge is 0.335 e. The van der Waals surface area contributed by atoms with Crippen LogP contribution in [0.15, 0.2) is 34.3 Å². The van der Waals surface area contributed by atoms with Crippen molar-refractivity contribution in [2.45, 2.75) is 12.6 Å². The van der Waals surface area contributed by atoms with E-state index in [2.05, 4.69) is 15.9 Å². The molecule has 1 aromatic carbocycles. The van der Waals surface area contributed by atoms with Crippen molar-refractivity contribution in [1.82, 2.24) is 4.90 Å². The van der Waals surface area contributed by atoms with Gasteiger partial charge < -0.3 is 4.90 Å². The number of carbonyl (C=O) groups is 1. The summed E-state index contributed by atoms with van der Waals surface area (Å²) >= 11 is 9.02. The number of alkyl halides is 3. The lowest BCUT2D eigenvalue weighted by Crippen LogP contribution is -2.36. The Morgan fingerprint density at radius 3 is 2.55 bits per heavy atom. The second-order valence-electron chi connectivity index (χ2n) is 4.35. The standard InChI is InChI=1S/C13H10BrClF3NO/c14-11-7-9(15)1-2-10(11)12(20)19-5-3-8(4-6-19)13(16,17)18/h1-3,7H,4-6H2. The quantitative estimate of drug-likeness (QED) is 0.671. The van der Waals surface area contributed by atoms with Crippen LogP contribution in [-0.2, 0) is 0 Å². The molecule has 0 spiro atoms. The molecule has 1 amide bonds. The predicted molar refractivity (Wildman–Crippen MR) is 73.8 cm³/mol. The molecular weight excluding hydrogens is 359 g/mol. The molecule has 1 aliphatic rings. The molecule has 7 heteroatoms. The van der Waals surface area contributed by atoms with E-state index in [0.717, 1.165) is 6.08 Å². The molecule has 1 aliphatic heterocycles. The molecule has 108 valence electrons. The normalized spacial score (nSPS) is 16.1. The monoisotopic (exact) mass is 367 g/mol. The average molecular weight is 369 g/mol. The summed E-state index contributed by atoms with van der Waals surface area (Å²) in [4.78, 5) is 13.6. The third-order valence-corrected chi connectivity index (χ3v) is 3.91. The first kappa shape index (κ1) is 15.4. The Morgan fingerprint density at radius 2 is 2.05 bits per heavy atom. The van der Waals surface area contributed by atoms with Crippen LogP contribution in [0.1, 0.15) is 16.8 Å². The Labute approximate surface area is 127 Å². The minimum atomic E-state index is -4.31. The zero-order valence-corrected chi connectivity index (χ0v) is 12.5. The maximum absolute atomic E-state index is 12.5. The van der Waals surface area contributed by atoms with Gasteiger partial charge in [0, 0.05) is 28.2 Å². The average Bonchev–Trinajstić information content (AvgIpc) is 2.37. The highest BCUT2D eigenvalue weighted by Crippen LogP contribution is 2.31. The number of hydrogen-bond acceptors (Lipinski definition) is 1. The number of halogens is 5. The van der Waals surface area contributed by atoms with E-state index in [4.69, 9.17) is 11.6 Å². The van der Waals surface area contributed by atoms with E-state index in [1.165, 1.54) is 4.90 Å². The molecule has 1 aromatic rings. The highest BCUT2D eigenvalue weighted by atomic mass is 79.9. The van der Waals surface area contributed by atoms with Gasteiger partial charge in [-0.1, -0.05) is 17.7 Å². The van der Waals surface area contributed by atoms with Gasteiger partial charge in [0.15, 0.2) is 0 Å². The van der Waals surface area contributed by atoms with E-state index in [1.54, 1.807) is 18.2 Å². The van der Waals surface area contributed by atoms with Crippen molar-refractivity contribution in [1.29, 1.82) is 0 Å². The SMILES string of the molecule is O=C(c1ccc(Cl)cc1Br)N1CC=C(C(F)(F)F)CC1. The highest BCUT2D eigenvalue weighted by Gasteiger charge is 2.35. The van der Waals surface area contributed by atoms with Crippen LogP contribution in [0.2, 0.25) is 5.02 Å². The molecule has 20 heavy (non-hydrogen) atoms. The van der Waals surface area contributed by atoms with Gasteiger partial charge in [0.25, 0.3) is 5.91 Å². The van der Waals surface area contributed by atoms with Gasteiger partial charge in [0.2, 0.25) is 0 Å². The van der Waals surface area contributed by atoms with Crippen molar-refractivity contribution in [3.8, 4) is 0 Å². The molecule has 0 aliphatic carbocycles. The van der Waals surface area contributed by atoms with Crippen molar-refractivity contribution in [3.05, 3.63) is 44.9 Å². The van der Waals surface area contributed by atoms with E-state index >= 15 is 0 Å². The van der Waals surface area contributed by atoms with E-state index in [-0.39, 0.29) is 25.4 Å². The van der Waals surface area contributed by atoms with Crippen molar-refractivity contribution in [2.24, 2.45) is 0 Å². The summed E-state index contributed by atoms with van der Waals surface area (Å²) in [5.74, 6) is -0.314. The van der Waals surface area contributed by atoms with Crippen molar-refractivity contribution in [2.75, 3.05) is 13.1 Å². The zero-order chi connectivity index (χ0) is 14.9. The fourth-order valence-electron chi connectivity index (χ4n) is 1.94. The fraction of sp³-hybridized carbons (Fsp3) is 0.308. The largest absolute Gasteiger partial charge is 0.412 e. The summed E-state index contributed by atoms with van der Waals surface area (Å²) in [6.45, 7) is 0.0159. The molecule has 1 heterocycles. The first-order valence-corrected chi connectivity index (χ1v) is 6.96. The van der Waals surface area contributed by atoms with Crippen LogP contribution >= 0.6 is 27.5 Å². The van der Waals surface area contributed by atoms with Gasteiger partial charge >= 0.3 is 6.18 Å². The van der Waals surface area contributed by atoms with Crippen LogP contribution in [0.25, 0.3) is 0 Å². The topological polar surface area (TPSA) is 20.3 Å².